The molecule has 1 aromatic heterocycles. The third kappa shape index (κ3) is 2.29. The lowest BCUT2D eigenvalue weighted by Crippen LogP contribution is -2.69. The number of carbonyl (C=O) groups excluding carboxylic acids is 2. The Labute approximate surface area is 180 Å². The first-order valence-electron chi connectivity index (χ1n) is 9.93. The van der Waals surface area contributed by atoms with Crippen molar-refractivity contribution in [2.45, 2.75) is 41.3 Å². The molecule has 0 amide bonds. The highest BCUT2D eigenvalue weighted by atomic mass is 16.6. The number of aliphatic hydroxyl groups is 4. The van der Waals surface area contributed by atoms with Crippen molar-refractivity contribution in [3.05, 3.63) is 64.2 Å². The van der Waals surface area contributed by atoms with E-state index in [1.165, 1.54) is 25.3 Å². The summed E-state index contributed by atoms with van der Waals surface area (Å²) in [5.74, 6) is -6.31. The molecule has 3 unspecified atom stereocenters. The average molecular weight is 444 g/mol. The number of esters is 1. The van der Waals surface area contributed by atoms with Gasteiger partial charge in [0.15, 0.2) is 5.78 Å². The van der Waals surface area contributed by atoms with E-state index in [1.807, 2.05) is 0 Å². The summed E-state index contributed by atoms with van der Waals surface area (Å²) in [5.41, 5.74) is -8.89. The Morgan fingerprint density at radius 1 is 1.12 bits per heavy atom. The lowest BCUT2D eigenvalue weighted by molar-refractivity contribution is -0.252. The highest BCUT2D eigenvalue weighted by Gasteiger charge is 2.88. The molecule has 1 saturated heterocycles. The lowest BCUT2D eigenvalue weighted by atomic mass is 9.65. The molecular formula is C22H20O10. The fourth-order valence-electron chi connectivity index (χ4n) is 5.68. The smallest absolute Gasteiger partial charge is 0.342 e. The number of hydrogen-bond donors (Lipinski definition) is 4. The predicted octanol–water partition coefficient (Wildman–Crippen LogP) is -0.872. The van der Waals surface area contributed by atoms with Crippen molar-refractivity contribution >= 4 is 11.8 Å². The van der Waals surface area contributed by atoms with Crippen LogP contribution >= 0.6 is 0 Å². The predicted molar refractivity (Wildman–Crippen MR) is 104 cm³/mol. The van der Waals surface area contributed by atoms with E-state index >= 15 is 0 Å². The first kappa shape index (κ1) is 20.8. The Hall–Kier alpha value is -3.05. The number of carbonyl (C=O) groups is 2. The van der Waals surface area contributed by atoms with E-state index in [2.05, 4.69) is 0 Å². The molecule has 2 saturated carbocycles. The maximum absolute atomic E-state index is 13.5. The summed E-state index contributed by atoms with van der Waals surface area (Å²) in [6.45, 7) is 0. The second-order valence-corrected chi connectivity index (χ2v) is 8.49. The van der Waals surface area contributed by atoms with Gasteiger partial charge in [-0.15, -0.1) is 0 Å². The average Bonchev–Trinajstić information content (AvgIpc) is 2.87. The van der Waals surface area contributed by atoms with E-state index in [1.54, 1.807) is 18.2 Å². The van der Waals surface area contributed by atoms with Crippen LogP contribution < -0.4 is 10.4 Å². The highest BCUT2D eigenvalue weighted by Crippen LogP contribution is 2.67. The number of benzene rings is 1. The third-order valence-electron chi connectivity index (χ3n) is 6.99. The van der Waals surface area contributed by atoms with E-state index in [4.69, 9.17) is 13.9 Å². The topological polar surface area (TPSA) is 164 Å². The summed E-state index contributed by atoms with van der Waals surface area (Å²) in [6.07, 6.45) is -3.76. The van der Waals surface area contributed by atoms with E-state index in [9.17, 15) is 34.8 Å². The van der Waals surface area contributed by atoms with Gasteiger partial charge in [0, 0.05) is 18.1 Å². The number of hydrogen-bond acceptors (Lipinski definition) is 10. The van der Waals surface area contributed by atoms with Crippen molar-refractivity contribution in [1.82, 2.24) is 0 Å². The molecule has 10 heteroatoms. The molecule has 3 fully saturated rings. The minimum Gasteiger partial charge on any atom is -0.496 e. The maximum atomic E-state index is 13.5. The molecule has 3 bridgehead atoms. The van der Waals surface area contributed by atoms with Gasteiger partial charge in [-0.05, 0) is 0 Å². The second kappa shape index (κ2) is 6.48. The molecule has 2 aromatic rings. The van der Waals surface area contributed by atoms with E-state index < -0.39 is 64.6 Å². The summed E-state index contributed by atoms with van der Waals surface area (Å²) in [5, 5.41) is 46.1. The third-order valence-corrected chi connectivity index (χ3v) is 6.99. The Morgan fingerprint density at radius 2 is 1.81 bits per heavy atom. The summed E-state index contributed by atoms with van der Waals surface area (Å²) in [4.78, 5) is 38.5. The van der Waals surface area contributed by atoms with Crippen LogP contribution in [0.1, 0.15) is 28.5 Å². The van der Waals surface area contributed by atoms with E-state index in [0.717, 1.165) is 6.07 Å². The van der Waals surface area contributed by atoms with Gasteiger partial charge in [-0.3, -0.25) is 4.79 Å². The van der Waals surface area contributed by atoms with Gasteiger partial charge in [-0.2, -0.15) is 0 Å². The number of fused-ring (bicyclic) bond motifs is 2. The zero-order chi connectivity index (χ0) is 23.1. The van der Waals surface area contributed by atoms with Gasteiger partial charge in [0.1, 0.15) is 34.9 Å². The number of Topliss-reactive ketones (excluding diaryl/α,β-unsaturated/α-hetero) is 1. The molecule has 168 valence electrons. The Kier molecular flexibility index (Phi) is 4.22. The number of aliphatic hydroxyl groups excluding tert-OH is 1. The van der Waals surface area contributed by atoms with Gasteiger partial charge in [0.05, 0.1) is 25.0 Å². The molecule has 0 spiro atoms. The van der Waals surface area contributed by atoms with Crippen LogP contribution in [-0.2, 0) is 9.53 Å². The van der Waals surface area contributed by atoms with Crippen molar-refractivity contribution in [2.24, 2.45) is 5.92 Å². The zero-order valence-corrected chi connectivity index (χ0v) is 16.8. The van der Waals surface area contributed by atoms with Crippen molar-refractivity contribution in [3.63, 3.8) is 0 Å². The zero-order valence-electron chi connectivity index (χ0n) is 16.8. The Balaban J connectivity index is 1.80. The molecule has 4 N–H and O–H groups in total. The molecule has 32 heavy (non-hydrogen) atoms. The standard InChI is InChI=1S/C22H20O10/c1-30-11-7-12(31-14(23)8-11)16-20(27)9-13-18(25)21(16,28)17(22(20,29)19(26)32-13)15(24)10-5-3-2-4-6-10/h2-8,13,16-18,25,27-29H,9H2,1H3/t13?,16?,17-,18?,20-,21+,22+/m0/s1. The first-order chi connectivity index (χ1) is 15.1. The van der Waals surface area contributed by atoms with E-state index in [-0.39, 0.29) is 17.1 Å². The Bertz CT molecular complexity index is 1170. The monoisotopic (exact) mass is 444 g/mol. The van der Waals surface area contributed by atoms with Crippen LogP contribution in [0.15, 0.2) is 51.7 Å². The summed E-state index contributed by atoms with van der Waals surface area (Å²) >= 11 is 0. The largest absolute Gasteiger partial charge is 0.496 e. The minimum atomic E-state index is -2.92. The second-order valence-electron chi connectivity index (χ2n) is 8.49. The summed E-state index contributed by atoms with van der Waals surface area (Å²) in [6, 6.07) is 9.75. The fourth-order valence-corrected chi connectivity index (χ4v) is 5.68. The molecule has 7 atom stereocenters. The number of methoxy groups -OCH3 is 1. The van der Waals surface area contributed by atoms with Gasteiger partial charge in [-0.1, -0.05) is 30.3 Å². The molecular weight excluding hydrogens is 424 g/mol. The molecule has 2 heterocycles. The normalized spacial score (nSPS) is 39.6. The minimum absolute atomic E-state index is 0.0218. The first-order valence-corrected chi connectivity index (χ1v) is 9.93. The molecule has 0 radical (unpaired) electrons. The van der Waals surface area contributed by atoms with Crippen molar-refractivity contribution in [3.8, 4) is 5.75 Å². The fraction of sp³-hybridized carbons (Fsp3) is 0.409. The Morgan fingerprint density at radius 3 is 2.47 bits per heavy atom. The van der Waals surface area contributed by atoms with Crippen LogP contribution in [0.2, 0.25) is 0 Å². The number of ether oxygens (including phenoxy) is 2. The van der Waals surface area contributed by atoms with Crippen LogP contribution in [0.4, 0.5) is 0 Å². The van der Waals surface area contributed by atoms with Crippen molar-refractivity contribution in [2.75, 3.05) is 7.11 Å². The SMILES string of the molecule is COc1cc(C2[C@]3(O)C(O)C4C[C@@]2(O)[C@](O)(C(=O)O4)[C@H]3C(=O)c2ccccc2)oc(=O)c1. The van der Waals surface area contributed by atoms with Gasteiger partial charge < -0.3 is 34.3 Å². The van der Waals surface area contributed by atoms with Crippen LogP contribution in [-0.4, -0.2) is 68.3 Å². The van der Waals surface area contributed by atoms with E-state index in [0.29, 0.717) is 0 Å². The maximum Gasteiger partial charge on any atom is 0.342 e. The van der Waals surface area contributed by atoms with Gasteiger partial charge in [-0.25, -0.2) is 9.59 Å². The highest BCUT2D eigenvalue weighted by molar-refractivity contribution is 6.05. The van der Waals surface area contributed by atoms with Gasteiger partial charge in [0.25, 0.3) is 0 Å². The number of rotatable bonds is 4. The van der Waals surface area contributed by atoms with Crippen LogP contribution in [0.25, 0.3) is 0 Å². The number of ketones is 1. The molecule has 2 aliphatic carbocycles. The molecule has 1 aromatic carbocycles. The lowest BCUT2D eigenvalue weighted by Gasteiger charge is -2.50. The summed E-state index contributed by atoms with van der Waals surface area (Å²) < 4.78 is 15.4. The van der Waals surface area contributed by atoms with Crippen LogP contribution in [0.5, 0.6) is 5.75 Å². The molecule has 3 aliphatic rings. The quantitative estimate of drug-likeness (QED) is 0.344. The molecule has 5 rings (SSSR count). The molecule has 1 aliphatic heterocycles. The van der Waals surface area contributed by atoms with Crippen LogP contribution in [0.3, 0.4) is 0 Å². The molecule has 10 nitrogen and oxygen atoms in total. The van der Waals surface area contributed by atoms with Crippen molar-refractivity contribution < 1.29 is 43.9 Å². The van der Waals surface area contributed by atoms with Crippen molar-refractivity contribution in [1.29, 1.82) is 0 Å². The van der Waals surface area contributed by atoms with Gasteiger partial charge in [0.2, 0.25) is 5.60 Å². The van der Waals surface area contributed by atoms with Gasteiger partial charge >= 0.3 is 11.6 Å². The summed E-state index contributed by atoms with van der Waals surface area (Å²) in [7, 11) is 1.28. The van der Waals surface area contributed by atoms with Crippen LogP contribution in [0, 0.1) is 5.92 Å².